The fraction of sp³-hybridized carbons (Fsp3) is 0.353. The molecular formula is C17H22N2O2. The molecule has 2 rings (SSSR count). The lowest BCUT2D eigenvalue weighted by Crippen LogP contribution is -2.37. The number of nitrogens with two attached hydrogens (primary N) is 1. The van der Waals surface area contributed by atoms with Gasteiger partial charge in [-0.2, -0.15) is 0 Å². The van der Waals surface area contributed by atoms with E-state index >= 15 is 0 Å². The van der Waals surface area contributed by atoms with Crippen molar-refractivity contribution in [3.63, 3.8) is 0 Å². The molecule has 2 aromatic rings. The fourth-order valence-electron chi connectivity index (χ4n) is 2.42. The van der Waals surface area contributed by atoms with Crippen LogP contribution >= 0.6 is 0 Å². The van der Waals surface area contributed by atoms with E-state index in [4.69, 9.17) is 10.2 Å². The first-order chi connectivity index (χ1) is 9.93. The molecule has 0 spiro atoms. The molecule has 4 heteroatoms. The van der Waals surface area contributed by atoms with Crippen LogP contribution in [0.4, 0.5) is 5.69 Å². The molecule has 2 N–H and O–H groups in total. The average Bonchev–Trinajstić information content (AvgIpc) is 2.78. The maximum atomic E-state index is 12.8. The van der Waals surface area contributed by atoms with Crippen LogP contribution in [0.5, 0.6) is 0 Å². The smallest absolute Gasteiger partial charge is 0.262 e. The summed E-state index contributed by atoms with van der Waals surface area (Å²) in [7, 11) is 0. The molecule has 0 atom stereocenters. The lowest BCUT2D eigenvalue weighted by molar-refractivity contribution is 0.0979. The Balaban J connectivity index is 2.38. The van der Waals surface area contributed by atoms with E-state index in [2.05, 4.69) is 0 Å². The van der Waals surface area contributed by atoms with Gasteiger partial charge in [0, 0.05) is 18.3 Å². The molecule has 0 aliphatic carbocycles. The van der Waals surface area contributed by atoms with E-state index in [0.29, 0.717) is 17.9 Å². The first-order valence-corrected chi connectivity index (χ1v) is 7.13. The molecule has 0 aliphatic rings. The number of benzene rings is 1. The molecule has 0 saturated heterocycles. The SMILES string of the molecule is Cc1cc(C(=O)N(c2ccc(CN)cc2)C(C)C)c(C)o1. The second-order valence-corrected chi connectivity index (χ2v) is 5.47. The zero-order valence-electron chi connectivity index (χ0n) is 13.0. The third kappa shape index (κ3) is 3.16. The van der Waals surface area contributed by atoms with Gasteiger partial charge in [-0.15, -0.1) is 0 Å². The highest BCUT2D eigenvalue weighted by Gasteiger charge is 2.24. The highest BCUT2D eigenvalue weighted by Crippen LogP contribution is 2.23. The third-order valence-electron chi connectivity index (χ3n) is 3.46. The Morgan fingerprint density at radius 2 is 1.86 bits per heavy atom. The maximum absolute atomic E-state index is 12.8. The molecule has 21 heavy (non-hydrogen) atoms. The number of amides is 1. The molecule has 0 unspecified atom stereocenters. The molecule has 1 amide bonds. The van der Waals surface area contributed by atoms with Gasteiger partial charge in [-0.1, -0.05) is 12.1 Å². The number of aryl methyl sites for hydroxylation is 2. The second kappa shape index (κ2) is 6.14. The summed E-state index contributed by atoms with van der Waals surface area (Å²) in [5, 5.41) is 0. The van der Waals surface area contributed by atoms with Crippen LogP contribution < -0.4 is 10.6 Å². The van der Waals surface area contributed by atoms with Gasteiger partial charge >= 0.3 is 0 Å². The Hall–Kier alpha value is -2.07. The minimum atomic E-state index is -0.0418. The van der Waals surface area contributed by atoms with Crippen LogP contribution in [0, 0.1) is 13.8 Å². The van der Waals surface area contributed by atoms with E-state index in [1.807, 2.05) is 52.0 Å². The predicted molar refractivity (Wildman–Crippen MR) is 84.5 cm³/mol. The summed E-state index contributed by atoms with van der Waals surface area (Å²) < 4.78 is 5.47. The minimum Gasteiger partial charge on any atom is -0.466 e. The summed E-state index contributed by atoms with van der Waals surface area (Å²) in [5.74, 6) is 1.36. The van der Waals surface area contributed by atoms with Crippen LogP contribution in [-0.2, 0) is 6.54 Å². The monoisotopic (exact) mass is 286 g/mol. The minimum absolute atomic E-state index is 0.0418. The molecule has 0 fully saturated rings. The number of anilines is 1. The number of carbonyl (C=O) groups is 1. The van der Waals surface area contributed by atoms with E-state index in [1.165, 1.54) is 0 Å². The number of furan rings is 1. The van der Waals surface area contributed by atoms with Crippen molar-refractivity contribution in [1.29, 1.82) is 0 Å². The van der Waals surface area contributed by atoms with Crippen molar-refractivity contribution in [2.24, 2.45) is 5.73 Å². The van der Waals surface area contributed by atoms with Gasteiger partial charge in [0.25, 0.3) is 5.91 Å². The Labute approximate surface area is 125 Å². The summed E-state index contributed by atoms with van der Waals surface area (Å²) in [5.41, 5.74) is 8.14. The van der Waals surface area contributed by atoms with Gasteiger partial charge in [0.1, 0.15) is 11.5 Å². The zero-order chi connectivity index (χ0) is 15.6. The van der Waals surface area contributed by atoms with Crippen molar-refractivity contribution >= 4 is 11.6 Å². The summed E-state index contributed by atoms with van der Waals surface area (Å²) >= 11 is 0. The van der Waals surface area contributed by atoms with Crippen LogP contribution in [0.3, 0.4) is 0 Å². The van der Waals surface area contributed by atoms with Gasteiger partial charge in [0.2, 0.25) is 0 Å². The molecule has 0 radical (unpaired) electrons. The molecule has 0 saturated carbocycles. The average molecular weight is 286 g/mol. The third-order valence-corrected chi connectivity index (χ3v) is 3.46. The highest BCUT2D eigenvalue weighted by molar-refractivity contribution is 6.07. The van der Waals surface area contributed by atoms with Crippen LogP contribution in [0.25, 0.3) is 0 Å². The zero-order valence-corrected chi connectivity index (χ0v) is 13.0. The van der Waals surface area contributed by atoms with Gasteiger partial charge in [-0.25, -0.2) is 0 Å². The molecule has 1 aromatic carbocycles. The highest BCUT2D eigenvalue weighted by atomic mass is 16.3. The van der Waals surface area contributed by atoms with E-state index in [0.717, 1.165) is 17.0 Å². The Morgan fingerprint density at radius 3 is 2.29 bits per heavy atom. The maximum Gasteiger partial charge on any atom is 0.262 e. The number of carbonyl (C=O) groups excluding carboxylic acids is 1. The molecule has 112 valence electrons. The first kappa shape index (κ1) is 15.3. The van der Waals surface area contributed by atoms with Crippen LogP contribution in [0.2, 0.25) is 0 Å². The van der Waals surface area contributed by atoms with Crippen molar-refractivity contribution in [2.45, 2.75) is 40.3 Å². The predicted octanol–water partition coefficient (Wildman–Crippen LogP) is 3.41. The number of rotatable bonds is 4. The number of nitrogens with zero attached hydrogens (tertiary/aromatic N) is 1. The molecule has 4 nitrogen and oxygen atoms in total. The number of hydrogen-bond donors (Lipinski definition) is 1. The fourth-order valence-corrected chi connectivity index (χ4v) is 2.42. The molecule has 0 bridgehead atoms. The van der Waals surface area contributed by atoms with Gasteiger partial charge < -0.3 is 15.1 Å². The number of hydrogen-bond acceptors (Lipinski definition) is 3. The van der Waals surface area contributed by atoms with Crippen molar-refractivity contribution in [1.82, 2.24) is 0 Å². The Bertz CT molecular complexity index is 627. The van der Waals surface area contributed by atoms with Crippen molar-refractivity contribution in [3.8, 4) is 0 Å². The molecule has 0 aliphatic heterocycles. The second-order valence-electron chi connectivity index (χ2n) is 5.47. The van der Waals surface area contributed by atoms with E-state index in [9.17, 15) is 4.79 Å². The van der Waals surface area contributed by atoms with Gasteiger partial charge in [-0.3, -0.25) is 4.79 Å². The summed E-state index contributed by atoms with van der Waals surface area (Å²) in [6.07, 6.45) is 0. The van der Waals surface area contributed by atoms with Gasteiger partial charge in [-0.05, 0) is 51.5 Å². The molecule has 1 aromatic heterocycles. The lowest BCUT2D eigenvalue weighted by Gasteiger charge is -2.27. The van der Waals surface area contributed by atoms with Crippen molar-refractivity contribution in [2.75, 3.05) is 4.90 Å². The summed E-state index contributed by atoms with van der Waals surface area (Å²) in [6.45, 7) is 8.15. The standard InChI is InChI=1S/C17H22N2O2/c1-11(2)19(15-7-5-14(10-18)6-8-15)17(20)16-9-12(3)21-13(16)4/h5-9,11H,10,18H2,1-4H3. The van der Waals surface area contributed by atoms with Gasteiger partial charge in [0.05, 0.1) is 5.56 Å². The van der Waals surface area contributed by atoms with E-state index in [1.54, 1.807) is 11.0 Å². The quantitative estimate of drug-likeness (QED) is 0.937. The summed E-state index contributed by atoms with van der Waals surface area (Å²) in [4.78, 5) is 14.6. The normalized spacial score (nSPS) is 11.0. The summed E-state index contributed by atoms with van der Waals surface area (Å²) in [6, 6.07) is 9.61. The van der Waals surface area contributed by atoms with Crippen LogP contribution in [-0.4, -0.2) is 11.9 Å². The van der Waals surface area contributed by atoms with Crippen LogP contribution in [0.15, 0.2) is 34.7 Å². The van der Waals surface area contributed by atoms with Gasteiger partial charge in [0.15, 0.2) is 0 Å². The Morgan fingerprint density at radius 1 is 1.24 bits per heavy atom. The topological polar surface area (TPSA) is 59.5 Å². The Kier molecular flexibility index (Phi) is 4.48. The lowest BCUT2D eigenvalue weighted by atomic mass is 10.1. The first-order valence-electron chi connectivity index (χ1n) is 7.13. The van der Waals surface area contributed by atoms with E-state index < -0.39 is 0 Å². The van der Waals surface area contributed by atoms with E-state index in [-0.39, 0.29) is 11.9 Å². The van der Waals surface area contributed by atoms with Crippen molar-refractivity contribution < 1.29 is 9.21 Å². The van der Waals surface area contributed by atoms with Crippen molar-refractivity contribution in [3.05, 3.63) is 53.0 Å². The van der Waals surface area contributed by atoms with Crippen LogP contribution in [0.1, 0.15) is 41.3 Å². The molecule has 1 heterocycles. The molecular weight excluding hydrogens is 264 g/mol. The largest absolute Gasteiger partial charge is 0.466 e.